The van der Waals surface area contributed by atoms with E-state index in [1.54, 1.807) is 18.2 Å². The molecule has 0 aliphatic carbocycles. The van der Waals surface area contributed by atoms with Crippen molar-refractivity contribution >= 4 is 65.1 Å². The Morgan fingerprint density at radius 3 is 2.52 bits per heavy atom. The number of rotatable bonds is 7. The van der Waals surface area contributed by atoms with Crippen LogP contribution in [0.2, 0.25) is 10.0 Å². The van der Waals surface area contributed by atoms with Gasteiger partial charge in [-0.25, -0.2) is 0 Å². The van der Waals surface area contributed by atoms with Crippen molar-refractivity contribution in [2.24, 2.45) is 0 Å². The zero-order chi connectivity index (χ0) is 23.5. The fourth-order valence-electron chi connectivity index (χ4n) is 3.50. The molecule has 9 heteroatoms. The van der Waals surface area contributed by atoms with Crippen LogP contribution in [0, 0.1) is 0 Å². The summed E-state index contributed by atoms with van der Waals surface area (Å²) in [7, 11) is 0. The predicted molar refractivity (Wildman–Crippen MR) is 130 cm³/mol. The molecule has 1 aromatic heterocycles. The number of halogens is 2. The quantitative estimate of drug-likeness (QED) is 0.282. The minimum absolute atomic E-state index is 0.135. The molecular weight excluding hydrogens is 483 g/mol. The minimum Gasteiger partial charge on any atom is -0.457 e. The second-order valence-electron chi connectivity index (χ2n) is 7.20. The molecule has 2 heterocycles. The number of benzene rings is 2. The third-order valence-electron chi connectivity index (χ3n) is 5.09. The minimum atomic E-state index is -0.748. The van der Waals surface area contributed by atoms with Gasteiger partial charge in [0.15, 0.2) is 11.4 Å². The highest BCUT2D eigenvalue weighted by molar-refractivity contribution is 7.80. The summed E-state index contributed by atoms with van der Waals surface area (Å²) in [5.41, 5.74) is 1.72. The number of hydrogen-bond donors (Lipinski definition) is 1. The van der Waals surface area contributed by atoms with Crippen LogP contribution in [0.15, 0.2) is 64.7 Å². The Labute approximate surface area is 204 Å². The maximum absolute atomic E-state index is 13.0. The molecule has 0 saturated carbocycles. The third kappa shape index (κ3) is 4.61. The van der Waals surface area contributed by atoms with Gasteiger partial charge in [-0.15, -0.1) is 0 Å². The molecule has 6 nitrogen and oxygen atoms in total. The number of furan rings is 1. The van der Waals surface area contributed by atoms with Crippen LogP contribution in [0.5, 0.6) is 0 Å². The molecule has 1 amide bonds. The molecule has 0 spiro atoms. The summed E-state index contributed by atoms with van der Waals surface area (Å²) in [6.07, 6.45) is 3.15. The molecule has 2 aromatic carbocycles. The summed E-state index contributed by atoms with van der Waals surface area (Å²) in [6.45, 7) is 0. The number of thiocarbonyl (C=S) groups is 1. The van der Waals surface area contributed by atoms with Crippen molar-refractivity contribution in [3.05, 3.63) is 87.2 Å². The number of amides is 1. The van der Waals surface area contributed by atoms with Gasteiger partial charge in [-0.3, -0.25) is 14.5 Å². The standard InChI is InChI=1S/C24H16Cl2N2O4S/c25-18-8-6-15(12-29)22(26)21(18)20-9-7-17(32-20)11-19-23(31)28(24(33)27-19)16(13-30)10-14-4-2-1-3-5-14/h1-9,11-13,16H,10H2,(H,27,33)/b19-11+. The molecule has 166 valence electrons. The first-order valence-corrected chi connectivity index (χ1v) is 11.0. The molecule has 1 aliphatic rings. The van der Waals surface area contributed by atoms with Crippen LogP contribution in [0.25, 0.3) is 17.4 Å². The van der Waals surface area contributed by atoms with Crippen LogP contribution in [0.1, 0.15) is 21.7 Å². The van der Waals surface area contributed by atoms with E-state index >= 15 is 0 Å². The topological polar surface area (TPSA) is 79.6 Å². The van der Waals surface area contributed by atoms with E-state index in [-0.39, 0.29) is 21.4 Å². The predicted octanol–water partition coefficient (Wildman–Crippen LogP) is 4.93. The van der Waals surface area contributed by atoms with E-state index in [9.17, 15) is 14.4 Å². The lowest BCUT2D eigenvalue weighted by molar-refractivity contribution is -0.127. The van der Waals surface area contributed by atoms with Gasteiger partial charge in [-0.2, -0.15) is 0 Å². The zero-order valence-corrected chi connectivity index (χ0v) is 19.3. The average Bonchev–Trinajstić information content (AvgIpc) is 3.37. The van der Waals surface area contributed by atoms with E-state index in [1.165, 1.54) is 17.0 Å². The Bertz CT molecular complexity index is 1290. The molecule has 33 heavy (non-hydrogen) atoms. The summed E-state index contributed by atoms with van der Waals surface area (Å²) in [5, 5.41) is 3.47. The largest absolute Gasteiger partial charge is 0.457 e. The zero-order valence-electron chi connectivity index (χ0n) is 17.0. The van der Waals surface area contributed by atoms with E-state index in [0.717, 1.165) is 5.56 Å². The number of nitrogens with zero attached hydrogens (tertiary/aromatic N) is 1. The Morgan fingerprint density at radius 1 is 1.06 bits per heavy atom. The molecule has 4 rings (SSSR count). The fourth-order valence-corrected chi connectivity index (χ4v) is 4.43. The molecule has 1 fully saturated rings. The lowest BCUT2D eigenvalue weighted by Crippen LogP contribution is -2.42. The second kappa shape index (κ2) is 9.70. The lowest BCUT2D eigenvalue weighted by Gasteiger charge is -2.21. The number of aldehydes is 2. The van der Waals surface area contributed by atoms with Crippen molar-refractivity contribution in [1.29, 1.82) is 0 Å². The smallest absolute Gasteiger partial charge is 0.277 e. The summed E-state index contributed by atoms with van der Waals surface area (Å²) in [4.78, 5) is 37.2. The highest BCUT2D eigenvalue weighted by Crippen LogP contribution is 2.37. The first kappa shape index (κ1) is 22.9. The monoisotopic (exact) mass is 498 g/mol. The maximum atomic E-state index is 13.0. The number of hydrogen-bond acceptors (Lipinski definition) is 5. The van der Waals surface area contributed by atoms with E-state index in [1.807, 2.05) is 30.3 Å². The Morgan fingerprint density at radius 2 is 1.82 bits per heavy atom. The van der Waals surface area contributed by atoms with E-state index in [2.05, 4.69) is 5.32 Å². The highest BCUT2D eigenvalue weighted by Gasteiger charge is 2.36. The van der Waals surface area contributed by atoms with Crippen molar-refractivity contribution in [2.45, 2.75) is 12.5 Å². The molecule has 3 aromatic rings. The molecule has 1 aliphatic heterocycles. The molecular formula is C24H16Cl2N2O4S. The van der Waals surface area contributed by atoms with Crippen LogP contribution < -0.4 is 5.32 Å². The summed E-state index contributed by atoms with van der Waals surface area (Å²) in [6, 6.07) is 14.9. The first-order valence-electron chi connectivity index (χ1n) is 9.81. The van der Waals surface area contributed by atoms with Gasteiger partial charge in [0.2, 0.25) is 0 Å². The SMILES string of the molecule is O=Cc1ccc(Cl)c(-c2ccc(/C=C3/NC(=S)N(C(C=O)Cc4ccccc4)C3=O)o2)c1Cl. The van der Waals surface area contributed by atoms with Gasteiger partial charge in [-0.05, 0) is 42.0 Å². The lowest BCUT2D eigenvalue weighted by atomic mass is 10.1. The molecule has 1 unspecified atom stereocenters. The summed E-state index contributed by atoms with van der Waals surface area (Å²) in [5.74, 6) is 0.227. The van der Waals surface area contributed by atoms with Crippen molar-refractivity contribution in [3.8, 4) is 11.3 Å². The number of carbonyl (C=O) groups excluding carboxylic acids is 3. The normalized spacial score (nSPS) is 15.6. The van der Waals surface area contributed by atoms with Crippen LogP contribution in [-0.4, -0.2) is 34.5 Å². The van der Waals surface area contributed by atoms with Gasteiger partial charge in [0.05, 0.1) is 21.7 Å². The van der Waals surface area contributed by atoms with Crippen molar-refractivity contribution < 1.29 is 18.8 Å². The number of carbonyl (C=O) groups is 3. The summed E-state index contributed by atoms with van der Waals surface area (Å²) >= 11 is 17.9. The van der Waals surface area contributed by atoms with Crippen molar-refractivity contribution in [2.75, 3.05) is 0 Å². The van der Waals surface area contributed by atoms with Crippen molar-refractivity contribution in [1.82, 2.24) is 10.2 Å². The Balaban J connectivity index is 1.60. The van der Waals surface area contributed by atoms with Gasteiger partial charge >= 0.3 is 0 Å². The van der Waals surface area contributed by atoms with Crippen LogP contribution in [0.4, 0.5) is 0 Å². The van der Waals surface area contributed by atoms with Crippen molar-refractivity contribution in [3.63, 3.8) is 0 Å². The fraction of sp³-hybridized carbons (Fsp3) is 0.0833. The highest BCUT2D eigenvalue weighted by atomic mass is 35.5. The molecule has 1 atom stereocenters. The van der Waals surface area contributed by atoms with Crippen LogP contribution in [0.3, 0.4) is 0 Å². The van der Waals surface area contributed by atoms with Gasteiger partial charge in [0.1, 0.15) is 23.5 Å². The van der Waals surface area contributed by atoms with E-state index in [0.29, 0.717) is 41.1 Å². The van der Waals surface area contributed by atoms with E-state index < -0.39 is 11.9 Å². The molecule has 0 bridgehead atoms. The van der Waals surface area contributed by atoms with Gasteiger partial charge in [0, 0.05) is 18.1 Å². The number of nitrogens with one attached hydrogen (secondary N) is 1. The van der Waals surface area contributed by atoms with E-state index in [4.69, 9.17) is 39.8 Å². The van der Waals surface area contributed by atoms with Gasteiger partial charge < -0.3 is 14.5 Å². The van der Waals surface area contributed by atoms with Gasteiger partial charge in [-0.1, -0.05) is 53.5 Å². The average molecular weight is 499 g/mol. The van der Waals surface area contributed by atoms with Crippen LogP contribution >= 0.6 is 35.4 Å². The molecule has 1 saturated heterocycles. The molecule has 1 N–H and O–H groups in total. The third-order valence-corrected chi connectivity index (χ3v) is 6.11. The maximum Gasteiger partial charge on any atom is 0.277 e. The first-order chi connectivity index (χ1) is 15.9. The Kier molecular flexibility index (Phi) is 6.74. The Hall–Kier alpha value is -3.26. The second-order valence-corrected chi connectivity index (χ2v) is 8.37. The van der Waals surface area contributed by atoms with Crippen LogP contribution in [-0.2, 0) is 16.0 Å². The van der Waals surface area contributed by atoms with Gasteiger partial charge in [0.25, 0.3) is 5.91 Å². The summed E-state index contributed by atoms with van der Waals surface area (Å²) < 4.78 is 5.81. The molecule has 0 radical (unpaired) electrons.